The van der Waals surface area contributed by atoms with Gasteiger partial charge in [0.25, 0.3) is 0 Å². The number of nitrogens with one attached hydrogen (secondary N) is 1. The summed E-state index contributed by atoms with van der Waals surface area (Å²) in [4.78, 5) is 10.3. The van der Waals surface area contributed by atoms with E-state index in [4.69, 9.17) is 10.8 Å². The Morgan fingerprint density at radius 3 is 2.86 bits per heavy atom. The third-order valence-electron chi connectivity index (χ3n) is 1.72. The number of hydrogen-bond acceptors (Lipinski definition) is 3. The number of carboxylic acids is 1. The van der Waals surface area contributed by atoms with Crippen LogP contribution in [0.4, 0.5) is 10.1 Å². The normalized spacial score (nSPS) is 9.86. The highest BCUT2D eigenvalue weighted by Crippen LogP contribution is 2.16. The molecule has 0 spiro atoms. The van der Waals surface area contributed by atoms with Gasteiger partial charge in [-0.3, -0.25) is 4.79 Å². The molecule has 0 fully saturated rings. The van der Waals surface area contributed by atoms with Gasteiger partial charge in [-0.1, -0.05) is 6.07 Å². The average Bonchev–Trinajstić information content (AvgIpc) is 2.15. The van der Waals surface area contributed by atoms with E-state index in [1.165, 1.54) is 18.2 Å². The standard InChI is InChI=1S/C9H11FN2O2/c10-7-2-1-6(4-11)8(3-7)12-5-9(13)14/h1-3,12H,4-5,11H2,(H,13,14). The number of hydrogen-bond donors (Lipinski definition) is 3. The third-order valence-corrected chi connectivity index (χ3v) is 1.72. The second-order valence-corrected chi connectivity index (χ2v) is 2.75. The summed E-state index contributed by atoms with van der Waals surface area (Å²) >= 11 is 0. The highest BCUT2D eigenvalue weighted by Gasteiger charge is 2.03. The molecule has 0 aliphatic rings. The Labute approximate surface area is 80.5 Å². The molecule has 0 unspecified atom stereocenters. The summed E-state index contributed by atoms with van der Waals surface area (Å²) in [6.07, 6.45) is 0. The average molecular weight is 198 g/mol. The fraction of sp³-hybridized carbons (Fsp3) is 0.222. The minimum absolute atomic E-state index is 0.238. The van der Waals surface area contributed by atoms with Crippen molar-refractivity contribution in [2.24, 2.45) is 5.73 Å². The number of aliphatic carboxylic acids is 1. The van der Waals surface area contributed by atoms with E-state index in [2.05, 4.69) is 5.32 Å². The Morgan fingerprint density at radius 2 is 2.29 bits per heavy atom. The molecule has 0 saturated heterocycles. The number of rotatable bonds is 4. The molecule has 1 rings (SSSR count). The van der Waals surface area contributed by atoms with Crippen molar-refractivity contribution in [1.29, 1.82) is 0 Å². The van der Waals surface area contributed by atoms with Gasteiger partial charge in [-0.05, 0) is 17.7 Å². The fourth-order valence-corrected chi connectivity index (χ4v) is 1.06. The first-order valence-corrected chi connectivity index (χ1v) is 4.07. The topological polar surface area (TPSA) is 75.3 Å². The number of anilines is 1. The minimum atomic E-state index is -1.00. The number of halogens is 1. The van der Waals surface area contributed by atoms with Gasteiger partial charge in [0.05, 0.1) is 0 Å². The predicted octanol–water partition coefficient (Wildman–Crippen LogP) is 0.781. The van der Waals surface area contributed by atoms with Crippen LogP contribution in [0.1, 0.15) is 5.56 Å². The Bertz CT molecular complexity index is 342. The molecule has 1 aromatic rings. The summed E-state index contributed by atoms with van der Waals surface area (Å²) in [6, 6.07) is 4.04. The summed E-state index contributed by atoms with van der Waals surface area (Å²) in [5.41, 5.74) is 6.51. The second-order valence-electron chi connectivity index (χ2n) is 2.75. The summed E-state index contributed by atoms with van der Waals surface area (Å²) in [7, 11) is 0. The van der Waals surface area contributed by atoms with E-state index in [0.29, 0.717) is 11.3 Å². The molecule has 0 aromatic heterocycles. The quantitative estimate of drug-likeness (QED) is 0.668. The third kappa shape index (κ3) is 2.70. The van der Waals surface area contributed by atoms with Crippen molar-refractivity contribution in [3.8, 4) is 0 Å². The molecule has 0 saturated carbocycles. The predicted molar refractivity (Wildman–Crippen MR) is 50.4 cm³/mol. The maximum atomic E-state index is 12.8. The lowest BCUT2D eigenvalue weighted by Gasteiger charge is -2.08. The smallest absolute Gasteiger partial charge is 0.322 e. The SMILES string of the molecule is NCc1ccc(F)cc1NCC(=O)O. The van der Waals surface area contributed by atoms with Crippen LogP contribution in [-0.2, 0) is 11.3 Å². The first-order valence-electron chi connectivity index (χ1n) is 4.07. The maximum absolute atomic E-state index is 12.8. The van der Waals surface area contributed by atoms with E-state index in [-0.39, 0.29) is 13.1 Å². The lowest BCUT2D eigenvalue weighted by Crippen LogP contribution is -2.14. The zero-order chi connectivity index (χ0) is 10.6. The van der Waals surface area contributed by atoms with Crippen molar-refractivity contribution in [1.82, 2.24) is 0 Å². The van der Waals surface area contributed by atoms with Crippen LogP contribution >= 0.6 is 0 Å². The van der Waals surface area contributed by atoms with Crippen molar-refractivity contribution in [2.45, 2.75) is 6.54 Å². The van der Waals surface area contributed by atoms with Gasteiger partial charge in [0.1, 0.15) is 12.4 Å². The minimum Gasteiger partial charge on any atom is -0.480 e. The molecule has 0 atom stereocenters. The summed E-state index contributed by atoms with van der Waals surface area (Å²) < 4.78 is 12.8. The molecule has 0 amide bonds. The zero-order valence-electron chi connectivity index (χ0n) is 7.46. The van der Waals surface area contributed by atoms with Gasteiger partial charge in [0, 0.05) is 12.2 Å². The Morgan fingerprint density at radius 1 is 1.57 bits per heavy atom. The number of nitrogens with two attached hydrogens (primary N) is 1. The fourth-order valence-electron chi connectivity index (χ4n) is 1.06. The van der Waals surface area contributed by atoms with Crippen molar-refractivity contribution in [2.75, 3.05) is 11.9 Å². The van der Waals surface area contributed by atoms with Crippen LogP contribution in [0.3, 0.4) is 0 Å². The van der Waals surface area contributed by atoms with Crippen molar-refractivity contribution in [3.05, 3.63) is 29.6 Å². The van der Waals surface area contributed by atoms with Crippen LogP contribution in [0.5, 0.6) is 0 Å². The van der Waals surface area contributed by atoms with Crippen molar-refractivity contribution < 1.29 is 14.3 Å². The van der Waals surface area contributed by atoms with Crippen LogP contribution in [-0.4, -0.2) is 17.6 Å². The molecular formula is C9H11FN2O2. The molecule has 14 heavy (non-hydrogen) atoms. The Balaban J connectivity index is 2.82. The largest absolute Gasteiger partial charge is 0.480 e. The molecule has 5 heteroatoms. The molecule has 0 aliphatic heterocycles. The lowest BCUT2D eigenvalue weighted by atomic mass is 10.1. The van der Waals surface area contributed by atoms with Gasteiger partial charge in [-0.15, -0.1) is 0 Å². The van der Waals surface area contributed by atoms with Gasteiger partial charge in [0.15, 0.2) is 0 Å². The summed E-state index contributed by atoms with van der Waals surface area (Å²) in [5.74, 6) is -1.42. The van der Waals surface area contributed by atoms with Crippen molar-refractivity contribution >= 4 is 11.7 Å². The highest BCUT2D eigenvalue weighted by atomic mass is 19.1. The summed E-state index contributed by atoms with van der Waals surface area (Å²) in [6.45, 7) is -0.0152. The van der Waals surface area contributed by atoms with Gasteiger partial charge in [0.2, 0.25) is 0 Å². The Hall–Kier alpha value is -1.62. The van der Waals surface area contributed by atoms with Crippen LogP contribution in [0, 0.1) is 5.82 Å². The molecule has 0 heterocycles. The van der Waals surface area contributed by atoms with E-state index in [1.54, 1.807) is 0 Å². The Kier molecular flexibility index (Phi) is 3.41. The second kappa shape index (κ2) is 4.57. The van der Waals surface area contributed by atoms with E-state index in [0.717, 1.165) is 0 Å². The monoisotopic (exact) mass is 198 g/mol. The molecule has 0 bridgehead atoms. The number of carbonyl (C=O) groups is 1. The van der Waals surface area contributed by atoms with E-state index in [1.807, 2.05) is 0 Å². The summed E-state index contributed by atoms with van der Waals surface area (Å²) in [5, 5.41) is 11.0. The first kappa shape index (κ1) is 10.5. The molecule has 1 aromatic carbocycles. The first-order chi connectivity index (χ1) is 6.63. The molecule has 0 radical (unpaired) electrons. The van der Waals surface area contributed by atoms with Crippen LogP contribution < -0.4 is 11.1 Å². The molecule has 0 aliphatic carbocycles. The highest BCUT2D eigenvalue weighted by molar-refractivity contribution is 5.73. The molecule has 4 nitrogen and oxygen atoms in total. The molecule has 4 N–H and O–H groups in total. The van der Waals surface area contributed by atoms with Crippen LogP contribution in [0.15, 0.2) is 18.2 Å². The van der Waals surface area contributed by atoms with Gasteiger partial charge < -0.3 is 16.2 Å². The van der Waals surface area contributed by atoms with E-state index >= 15 is 0 Å². The number of carboxylic acid groups (broad SMARTS) is 1. The van der Waals surface area contributed by atoms with Crippen LogP contribution in [0.2, 0.25) is 0 Å². The number of benzene rings is 1. The van der Waals surface area contributed by atoms with Crippen LogP contribution in [0.25, 0.3) is 0 Å². The zero-order valence-corrected chi connectivity index (χ0v) is 7.46. The lowest BCUT2D eigenvalue weighted by molar-refractivity contribution is -0.134. The maximum Gasteiger partial charge on any atom is 0.322 e. The van der Waals surface area contributed by atoms with E-state index in [9.17, 15) is 9.18 Å². The molecular weight excluding hydrogens is 187 g/mol. The van der Waals surface area contributed by atoms with E-state index < -0.39 is 11.8 Å². The van der Waals surface area contributed by atoms with Crippen molar-refractivity contribution in [3.63, 3.8) is 0 Å². The molecule has 76 valence electrons. The van der Waals surface area contributed by atoms with Gasteiger partial charge >= 0.3 is 5.97 Å². The van der Waals surface area contributed by atoms with Gasteiger partial charge in [-0.25, -0.2) is 4.39 Å². The van der Waals surface area contributed by atoms with Gasteiger partial charge in [-0.2, -0.15) is 0 Å².